The van der Waals surface area contributed by atoms with Gasteiger partial charge in [0.2, 0.25) is 0 Å². The Morgan fingerprint density at radius 3 is 2.58 bits per heavy atom. The Labute approximate surface area is 113 Å². The van der Waals surface area contributed by atoms with Gasteiger partial charge in [0.25, 0.3) is 0 Å². The molecule has 0 amide bonds. The Hall–Kier alpha value is -1.67. The van der Waals surface area contributed by atoms with Gasteiger partial charge in [-0.15, -0.1) is 0 Å². The third-order valence-electron chi connectivity index (χ3n) is 3.88. The van der Waals surface area contributed by atoms with E-state index in [9.17, 15) is 4.39 Å². The standard InChI is InChI=1S/C17H18FN/c1-12-11-19-9-8-14-2-3-15(10-17(12)14)13-4-6-16(18)7-5-13/h2-7,10,12,19H,8-9,11H2,1H3. The highest BCUT2D eigenvalue weighted by molar-refractivity contribution is 5.65. The van der Waals surface area contributed by atoms with Crippen LogP contribution in [0, 0.1) is 5.82 Å². The molecule has 98 valence electrons. The fourth-order valence-corrected chi connectivity index (χ4v) is 2.75. The fraction of sp³-hybridized carbons (Fsp3) is 0.294. The summed E-state index contributed by atoms with van der Waals surface area (Å²) < 4.78 is 13.0. The largest absolute Gasteiger partial charge is 0.316 e. The first-order valence-electron chi connectivity index (χ1n) is 6.83. The number of rotatable bonds is 1. The molecule has 0 spiro atoms. The Morgan fingerprint density at radius 2 is 1.79 bits per heavy atom. The number of fused-ring (bicyclic) bond motifs is 1. The van der Waals surface area contributed by atoms with E-state index in [2.05, 4.69) is 30.4 Å². The second-order valence-corrected chi connectivity index (χ2v) is 5.28. The van der Waals surface area contributed by atoms with Crippen LogP contribution in [-0.4, -0.2) is 13.1 Å². The first-order chi connectivity index (χ1) is 9.24. The maximum atomic E-state index is 13.0. The van der Waals surface area contributed by atoms with Crippen molar-refractivity contribution < 1.29 is 4.39 Å². The van der Waals surface area contributed by atoms with Crippen molar-refractivity contribution in [2.75, 3.05) is 13.1 Å². The maximum Gasteiger partial charge on any atom is 0.123 e. The van der Waals surface area contributed by atoms with Crippen molar-refractivity contribution in [1.82, 2.24) is 5.32 Å². The molecule has 1 unspecified atom stereocenters. The second kappa shape index (κ2) is 5.14. The lowest BCUT2D eigenvalue weighted by atomic mass is 9.91. The SMILES string of the molecule is CC1CNCCc2ccc(-c3ccc(F)cc3)cc21. The van der Waals surface area contributed by atoms with E-state index in [1.165, 1.54) is 28.8 Å². The van der Waals surface area contributed by atoms with Crippen molar-refractivity contribution in [3.63, 3.8) is 0 Å². The molecule has 3 rings (SSSR count). The van der Waals surface area contributed by atoms with Gasteiger partial charge in [0.05, 0.1) is 0 Å². The van der Waals surface area contributed by atoms with Crippen LogP contribution in [0.15, 0.2) is 42.5 Å². The van der Waals surface area contributed by atoms with Crippen LogP contribution in [0.25, 0.3) is 11.1 Å². The van der Waals surface area contributed by atoms with Crippen LogP contribution in [0.3, 0.4) is 0 Å². The summed E-state index contributed by atoms with van der Waals surface area (Å²) in [5.41, 5.74) is 5.11. The lowest BCUT2D eigenvalue weighted by Crippen LogP contribution is -2.18. The first kappa shape index (κ1) is 12.4. The van der Waals surface area contributed by atoms with Crippen molar-refractivity contribution in [2.45, 2.75) is 19.3 Å². The number of hydrogen-bond donors (Lipinski definition) is 1. The van der Waals surface area contributed by atoms with E-state index in [0.717, 1.165) is 25.1 Å². The smallest absolute Gasteiger partial charge is 0.123 e. The van der Waals surface area contributed by atoms with Gasteiger partial charge in [0.15, 0.2) is 0 Å². The topological polar surface area (TPSA) is 12.0 Å². The molecule has 1 N–H and O–H groups in total. The summed E-state index contributed by atoms with van der Waals surface area (Å²) in [6, 6.07) is 13.4. The van der Waals surface area contributed by atoms with Crippen LogP contribution >= 0.6 is 0 Å². The monoisotopic (exact) mass is 255 g/mol. The summed E-state index contributed by atoms with van der Waals surface area (Å²) >= 11 is 0. The summed E-state index contributed by atoms with van der Waals surface area (Å²) in [6.07, 6.45) is 1.09. The molecule has 0 saturated heterocycles. The number of hydrogen-bond acceptors (Lipinski definition) is 1. The zero-order valence-corrected chi connectivity index (χ0v) is 11.1. The van der Waals surface area contributed by atoms with E-state index in [1.54, 1.807) is 0 Å². The zero-order chi connectivity index (χ0) is 13.2. The van der Waals surface area contributed by atoms with Crippen LogP contribution in [0.1, 0.15) is 24.0 Å². The van der Waals surface area contributed by atoms with Gasteiger partial charge in [-0.3, -0.25) is 0 Å². The van der Waals surface area contributed by atoms with Gasteiger partial charge >= 0.3 is 0 Å². The minimum Gasteiger partial charge on any atom is -0.316 e. The highest BCUT2D eigenvalue weighted by atomic mass is 19.1. The predicted octanol–water partition coefficient (Wildman–Crippen LogP) is 3.74. The molecule has 1 aliphatic heterocycles. The zero-order valence-electron chi connectivity index (χ0n) is 11.1. The molecule has 2 aromatic carbocycles. The molecule has 0 aromatic heterocycles. The molecule has 1 atom stereocenters. The molecular formula is C17H18FN. The molecule has 2 aromatic rings. The molecule has 1 nitrogen and oxygen atoms in total. The van der Waals surface area contributed by atoms with E-state index in [0.29, 0.717) is 5.92 Å². The normalized spacial score (nSPS) is 18.7. The van der Waals surface area contributed by atoms with E-state index in [1.807, 2.05) is 12.1 Å². The van der Waals surface area contributed by atoms with Gasteiger partial charge in [-0.05, 0) is 53.3 Å². The van der Waals surface area contributed by atoms with Crippen LogP contribution < -0.4 is 5.32 Å². The maximum absolute atomic E-state index is 13.0. The van der Waals surface area contributed by atoms with E-state index in [-0.39, 0.29) is 5.82 Å². The van der Waals surface area contributed by atoms with Gasteiger partial charge < -0.3 is 5.32 Å². The molecule has 1 heterocycles. The van der Waals surface area contributed by atoms with Crippen molar-refractivity contribution in [3.05, 3.63) is 59.4 Å². The van der Waals surface area contributed by atoms with Crippen molar-refractivity contribution in [2.24, 2.45) is 0 Å². The van der Waals surface area contributed by atoms with Gasteiger partial charge in [0, 0.05) is 6.54 Å². The Kier molecular flexibility index (Phi) is 3.34. The summed E-state index contributed by atoms with van der Waals surface area (Å²) in [7, 11) is 0. The van der Waals surface area contributed by atoms with Gasteiger partial charge in [-0.2, -0.15) is 0 Å². The van der Waals surface area contributed by atoms with Crippen LogP contribution in [0.5, 0.6) is 0 Å². The van der Waals surface area contributed by atoms with Crippen molar-refractivity contribution in [3.8, 4) is 11.1 Å². The van der Waals surface area contributed by atoms with E-state index in [4.69, 9.17) is 0 Å². The number of halogens is 1. The van der Waals surface area contributed by atoms with Crippen LogP contribution in [-0.2, 0) is 6.42 Å². The summed E-state index contributed by atoms with van der Waals surface area (Å²) in [5, 5.41) is 3.46. The summed E-state index contributed by atoms with van der Waals surface area (Å²) in [5.74, 6) is 0.342. The van der Waals surface area contributed by atoms with E-state index >= 15 is 0 Å². The average Bonchev–Trinajstić information content (AvgIpc) is 2.62. The lowest BCUT2D eigenvalue weighted by Gasteiger charge is -2.14. The molecule has 0 radical (unpaired) electrons. The minimum atomic E-state index is -0.184. The van der Waals surface area contributed by atoms with Crippen LogP contribution in [0.2, 0.25) is 0 Å². The quantitative estimate of drug-likeness (QED) is 0.818. The third kappa shape index (κ3) is 2.54. The van der Waals surface area contributed by atoms with Crippen molar-refractivity contribution >= 4 is 0 Å². The van der Waals surface area contributed by atoms with Crippen molar-refractivity contribution in [1.29, 1.82) is 0 Å². The average molecular weight is 255 g/mol. The number of nitrogens with one attached hydrogen (secondary N) is 1. The predicted molar refractivity (Wildman–Crippen MR) is 76.8 cm³/mol. The van der Waals surface area contributed by atoms with Gasteiger partial charge in [-0.1, -0.05) is 37.3 Å². The summed E-state index contributed by atoms with van der Waals surface area (Å²) in [4.78, 5) is 0. The lowest BCUT2D eigenvalue weighted by molar-refractivity contribution is 0.628. The Bertz CT molecular complexity index is 574. The van der Waals surface area contributed by atoms with Gasteiger partial charge in [0.1, 0.15) is 5.82 Å². The van der Waals surface area contributed by atoms with Crippen LogP contribution in [0.4, 0.5) is 4.39 Å². The molecule has 19 heavy (non-hydrogen) atoms. The highest BCUT2D eigenvalue weighted by Gasteiger charge is 2.15. The highest BCUT2D eigenvalue weighted by Crippen LogP contribution is 2.28. The third-order valence-corrected chi connectivity index (χ3v) is 3.88. The molecule has 0 aliphatic carbocycles. The molecule has 0 bridgehead atoms. The molecule has 0 fully saturated rings. The second-order valence-electron chi connectivity index (χ2n) is 5.28. The minimum absolute atomic E-state index is 0.184. The molecule has 0 saturated carbocycles. The summed E-state index contributed by atoms with van der Waals surface area (Å²) in [6.45, 7) is 4.33. The van der Waals surface area contributed by atoms with Gasteiger partial charge in [-0.25, -0.2) is 4.39 Å². The molecule has 2 heteroatoms. The Morgan fingerprint density at radius 1 is 1.05 bits per heavy atom. The molecular weight excluding hydrogens is 237 g/mol. The first-order valence-corrected chi connectivity index (χ1v) is 6.83. The van der Waals surface area contributed by atoms with E-state index < -0.39 is 0 Å². The fourth-order valence-electron chi connectivity index (χ4n) is 2.75. The number of benzene rings is 2. The Balaban J connectivity index is 2.02. The molecule has 1 aliphatic rings.